The molecule has 1 aromatic carbocycles. The van der Waals surface area contributed by atoms with E-state index in [2.05, 4.69) is 6.92 Å². The number of Topliss-reactive ketones (excluding diaryl/α,β-unsaturated/α-hetero) is 1. The predicted molar refractivity (Wildman–Crippen MR) is 75.3 cm³/mol. The standard InChI is InChI=1S/C14H17Cl2NO/c1-9-3-2-6-14(17,8-9)13(18)11-7-10(15)4-5-12(11)16/h4-5,7,9H,2-3,6,8,17H2,1H3. The van der Waals surface area contributed by atoms with Gasteiger partial charge in [0.2, 0.25) is 0 Å². The quantitative estimate of drug-likeness (QED) is 0.832. The molecule has 98 valence electrons. The summed E-state index contributed by atoms with van der Waals surface area (Å²) in [4.78, 5) is 12.6. The van der Waals surface area contributed by atoms with Crippen LogP contribution in [-0.4, -0.2) is 11.3 Å². The van der Waals surface area contributed by atoms with Crippen molar-refractivity contribution in [2.24, 2.45) is 11.7 Å². The molecule has 2 nitrogen and oxygen atoms in total. The van der Waals surface area contributed by atoms with Crippen molar-refractivity contribution >= 4 is 29.0 Å². The second-order valence-corrected chi connectivity index (χ2v) is 6.15. The number of carbonyl (C=O) groups is 1. The number of nitrogens with two attached hydrogens (primary N) is 1. The van der Waals surface area contributed by atoms with E-state index in [4.69, 9.17) is 28.9 Å². The number of carbonyl (C=O) groups excluding carboxylic acids is 1. The first kappa shape index (κ1) is 13.9. The van der Waals surface area contributed by atoms with Gasteiger partial charge in [-0.3, -0.25) is 4.79 Å². The third kappa shape index (κ3) is 2.71. The number of hydrogen-bond acceptors (Lipinski definition) is 2. The highest BCUT2D eigenvalue weighted by atomic mass is 35.5. The monoisotopic (exact) mass is 285 g/mol. The Balaban J connectivity index is 2.32. The van der Waals surface area contributed by atoms with E-state index in [1.807, 2.05) is 0 Å². The third-order valence-electron chi connectivity index (χ3n) is 3.66. The van der Waals surface area contributed by atoms with Crippen molar-refractivity contribution in [3.63, 3.8) is 0 Å². The maximum atomic E-state index is 12.6. The molecule has 1 aromatic rings. The smallest absolute Gasteiger partial charge is 0.184 e. The van der Waals surface area contributed by atoms with Crippen LogP contribution in [0.2, 0.25) is 10.0 Å². The van der Waals surface area contributed by atoms with Gasteiger partial charge in [-0.15, -0.1) is 0 Å². The molecule has 2 N–H and O–H groups in total. The fourth-order valence-corrected chi connectivity index (χ4v) is 3.11. The first-order valence-corrected chi connectivity index (χ1v) is 6.97. The largest absolute Gasteiger partial charge is 0.319 e. The van der Waals surface area contributed by atoms with Crippen LogP contribution in [0.1, 0.15) is 43.0 Å². The van der Waals surface area contributed by atoms with E-state index in [9.17, 15) is 4.79 Å². The molecule has 2 atom stereocenters. The maximum absolute atomic E-state index is 12.6. The van der Waals surface area contributed by atoms with E-state index < -0.39 is 5.54 Å². The van der Waals surface area contributed by atoms with Crippen LogP contribution in [0.3, 0.4) is 0 Å². The summed E-state index contributed by atoms with van der Waals surface area (Å²) in [6.45, 7) is 2.13. The number of hydrogen-bond donors (Lipinski definition) is 1. The van der Waals surface area contributed by atoms with Crippen molar-refractivity contribution in [3.8, 4) is 0 Å². The SMILES string of the molecule is CC1CCCC(N)(C(=O)c2cc(Cl)ccc2Cl)C1. The molecule has 0 spiro atoms. The molecule has 1 aliphatic carbocycles. The number of halogens is 2. The van der Waals surface area contributed by atoms with E-state index >= 15 is 0 Å². The molecule has 0 radical (unpaired) electrons. The van der Waals surface area contributed by atoms with Crippen molar-refractivity contribution in [1.82, 2.24) is 0 Å². The van der Waals surface area contributed by atoms with Crippen LogP contribution in [-0.2, 0) is 0 Å². The normalized spacial score (nSPS) is 28.1. The van der Waals surface area contributed by atoms with Crippen LogP contribution >= 0.6 is 23.2 Å². The number of benzene rings is 1. The highest BCUT2D eigenvalue weighted by molar-refractivity contribution is 6.36. The highest BCUT2D eigenvalue weighted by Crippen LogP contribution is 2.34. The average Bonchev–Trinajstić information content (AvgIpc) is 2.31. The molecular weight excluding hydrogens is 269 g/mol. The van der Waals surface area contributed by atoms with Gasteiger partial charge in [0, 0.05) is 10.6 Å². The molecule has 0 aliphatic heterocycles. The van der Waals surface area contributed by atoms with Gasteiger partial charge in [0.15, 0.2) is 5.78 Å². The van der Waals surface area contributed by atoms with Gasteiger partial charge in [-0.2, -0.15) is 0 Å². The van der Waals surface area contributed by atoms with Gasteiger partial charge in [0.1, 0.15) is 0 Å². The Bertz CT molecular complexity index is 475. The summed E-state index contributed by atoms with van der Waals surface area (Å²) in [6.07, 6.45) is 3.56. The molecule has 18 heavy (non-hydrogen) atoms. The van der Waals surface area contributed by atoms with E-state index in [0.717, 1.165) is 19.3 Å². The van der Waals surface area contributed by atoms with Crippen molar-refractivity contribution in [1.29, 1.82) is 0 Å². The van der Waals surface area contributed by atoms with Gasteiger partial charge in [0.05, 0.1) is 10.6 Å². The number of ketones is 1. The van der Waals surface area contributed by atoms with Crippen molar-refractivity contribution < 1.29 is 4.79 Å². The van der Waals surface area contributed by atoms with Crippen LogP contribution in [0.25, 0.3) is 0 Å². The predicted octanol–water partition coefficient (Wildman–Crippen LogP) is 4.08. The summed E-state index contributed by atoms with van der Waals surface area (Å²) in [7, 11) is 0. The van der Waals surface area contributed by atoms with Crippen molar-refractivity contribution in [3.05, 3.63) is 33.8 Å². The highest BCUT2D eigenvalue weighted by Gasteiger charge is 2.39. The second-order valence-electron chi connectivity index (χ2n) is 5.31. The first-order chi connectivity index (χ1) is 8.42. The minimum absolute atomic E-state index is 0.0819. The van der Waals surface area contributed by atoms with E-state index in [1.165, 1.54) is 0 Å². The summed E-state index contributed by atoms with van der Waals surface area (Å²) in [6, 6.07) is 4.93. The molecule has 1 fully saturated rings. The zero-order chi connectivity index (χ0) is 13.3. The number of rotatable bonds is 2. The molecule has 0 amide bonds. The molecule has 0 aromatic heterocycles. The summed E-state index contributed by atoms with van der Waals surface area (Å²) >= 11 is 12.0. The van der Waals surface area contributed by atoms with E-state index in [0.29, 0.717) is 27.9 Å². The Morgan fingerprint density at radius 3 is 2.83 bits per heavy atom. The Morgan fingerprint density at radius 2 is 2.17 bits per heavy atom. The first-order valence-electron chi connectivity index (χ1n) is 6.21. The van der Waals surface area contributed by atoms with Gasteiger partial charge >= 0.3 is 0 Å². The molecule has 2 rings (SSSR count). The average molecular weight is 286 g/mol. The Kier molecular flexibility index (Phi) is 4.00. The molecular formula is C14H17Cl2NO. The van der Waals surface area contributed by atoms with Gasteiger partial charge in [-0.05, 0) is 37.0 Å². The van der Waals surface area contributed by atoms with Crippen LogP contribution in [0, 0.1) is 5.92 Å². The minimum atomic E-state index is -0.786. The summed E-state index contributed by atoms with van der Waals surface area (Å²) < 4.78 is 0. The van der Waals surface area contributed by atoms with Gasteiger partial charge in [-0.25, -0.2) is 0 Å². The lowest BCUT2D eigenvalue weighted by atomic mass is 9.73. The van der Waals surface area contributed by atoms with Crippen LogP contribution < -0.4 is 5.73 Å². The lowest BCUT2D eigenvalue weighted by molar-refractivity contribution is 0.0820. The lowest BCUT2D eigenvalue weighted by Gasteiger charge is -2.35. The second kappa shape index (κ2) is 5.20. The molecule has 4 heteroatoms. The molecule has 2 unspecified atom stereocenters. The third-order valence-corrected chi connectivity index (χ3v) is 4.22. The van der Waals surface area contributed by atoms with Crippen LogP contribution in [0.5, 0.6) is 0 Å². The van der Waals surface area contributed by atoms with E-state index in [1.54, 1.807) is 18.2 Å². The lowest BCUT2D eigenvalue weighted by Crippen LogP contribution is -2.51. The topological polar surface area (TPSA) is 43.1 Å². The molecule has 0 saturated heterocycles. The Hall–Kier alpha value is -0.570. The van der Waals surface area contributed by atoms with Gasteiger partial charge in [-0.1, -0.05) is 43.0 Å². The molecule has 1 saturated carbocycles. The minimum Gasteiger partial charge on any atom is -0.319 e. The van der Waals surface area contributed by atoms with Crippen LogP contribution in [0.4, 0.5) is 0 Å². The van der Waals surface area contributed by atoms with Crippen molar-refractivity contribution in [2.45, 2.75) is 38.1 Å². The summed E-state index contributed by atoms with van der Waals surface area (Å²) in [5.41, 5.74) is 5.95. The van der Waals surface area contributed by atoms with Crippen LogP contribution in [0.15, 0.2) is 18.2 Å². The maximum Gasteiger partial charge on any atom is 0.184 e. The Labute approximate surface area is 117 Å². The molecule has 1 aliphatic rings. The fourth-order valence-electron chi connectivity index (χ4n) is 2.74. The van der Waals surface area contributed by atoms with Gasteiger partial charge in [0.25, 0.3) is 0 Å². The molecule has 0 heterocycles. The summed E-state index contributed by atoms with van der Waals surface area (Å²) in [5, 5.41) is 0.933. The fraction of sp³-hybridized carbons (Fsp3) is 0.500. The Morgan fingerprint density at radius 1 is 1.44 bits per heavy atom. The zero-order valence-electron chi connectivity index (χ0n) is 10.4. The van der Waals surface area contributed by atoms with Gasteiger partial charge < -0.3 is 5.73 Å². The molecule has 0 bridgehead atoms. The van der Waals surface area contributed by atoms with Crippen molar-refractivity contribution in [2.75, 3.05) is 0 Å². The zero-order valence-corrected chi connectivity index (χ0v) is 11.9. The van der Waals surface area contributed by atoms with E-state index in [-0.39, 0.29) is 5.78 Å². The summed E-state index contributed by atoms with van der Waals surface area (Å²) in [5.74, 6) is 0.396.